The maximum atomic E-state index is 12.4. The van der Waals surface area contributed by atoms with Crippen LogP contribution >= 0.6 is 11.6 Å². The lowest BCUT2D eigenvalue weighted by Gasteiger charge is -2.20. The largest absolute Gasteiger partial charge is 0.371 e. The number of hydrogen-bond donors (Lipinski definition) is 1. The van der Waals surface area contributed by atoms with Crippen molar-refractivity contribution in [2.75, 3.05) is 6.61 Å². The van der Waals surface area contributed by atoms with Gasteiger partial charge in [-0.25, -0.2) is 0 Å². The van der Waals surface area contributed by atoms with Gasteiger partial charge < -0.3 is 10.1 Å². The monoisotopic (exact) mass is 316 g/mol. The SMILES string of the molecule is Cc1ncccc1C(=O)NC1CCOC1c1ccc(Cl)cc1. The fraction of sp³-hybridized carbons (Fsp3) is 0.294. The summed E-state index contributed by atoms with van der Waals surface area (Å²) in [5, 5.41) is 3.75. The van der Waals surface area contributed by atoms with Crippen LogP contribution in [0, 0.1) is 6.92 Å². The van der Waals surface area contributed by atoms with Gasteiger partial charge in [0.15, 0.2) is 0 Å². The van der Waals surface area contributed by atoms with Gasteiger partial charge in [-0.3, -0.25) is 9.78 Å². The number of aryl methyl sites for hydroxylation is 1. The van der Waals surface area contributed by atoms with Gasteiger partial charge in [0.2, 0.25) is 0 Å². The third-order valence-corrected chi connectivity index (χ3v) is 4.11. The van der Waals surface area contributed by atoms with Crippen LogP contribution in [0.15, 0.2) is 42.6 Å². The van der Waals surface area contributed by atoms with Gasteiger partial charge in [-0.1, -0.05) is 23.7 Å². The summed E-state index contributed by atoms with van der Waals surface area (Å²) >= 11 is 5.92. The Kier molecular flexibility index (Phi) is 4.41. The number of benzene rings is 1. The van der Waals surface area contributed by atoms with Crippen LogP contribution in [0.5, 0.6) is 0 Å². The second-order valence-electron chi connectivity index (χ2n) is 5.35. The molecule has 1 aliphatic heterocycles. The topological polar surface area (TPSA) is 51.2 Å². The van der Waals surface area contributed by atoms with Gasteiger partial charge in [-0.05, 0) is 43.2 Å². The highest BCUT2D eigenvalue weighted by Crippen LogP contribution is 2.30. The number of halogens is 1. The van der Waals surface area contributed by atoms with Crippen molar-refractivity contribution in [1.82, 2.24) is 10.3 Å². The molecule has 2 aromatic rings. The summed E-state index contributed by atoms with van der Waals surface area (Å²) in [7, 11) is 0. The van der Waals surface area contributed by atoms with Crippen LogP contribution in [-0.2, 0) is 4.74 Å². The molecule has 1 amide bonds. The second-order valence-corrected chi connectivity index (χ2v) is 5.78. The average Bonchev–Trinajstić information content (AvgIpc) is 2.96. The van der Waals surface area contributed by atoms with Crippen molar-refractivity contribution in [3.8, 4) is 0 Å². The smallest absolute Gasteiger partial charge is 0.253 e. The lowest BCUT2D eigenvalue weighted by Crippen LogP contribution is -2.37. The Bertz CT molecular complexity index is 673. The number of nitrogens with one attached hydrogen (secondary N) is 1. The zero-order chi connectivity index (χ0) is 15.5. The molecule has 4 nitrogen and oxygen atoms in total. The number of nitrogens with zero attached hydrogens (tertiary/aromatic N) is 1. The number of pyridine rings is 1. The average molecular weight is 317 g/mol. The van der Waals surface area contributed by atoms with E-state index < -0.39 is 0 Å². The quantitative estimate of drug-likeness (QED) is 0.945. The first-order valence-corrected chi connectivity index (χ1v) is 7.62. The molecule has 1 aromatic heterocycles. The minimum Gasteiger partial charge on any atom is -0.371 e. The van der Waals surface area contributed by atoms with Crippen LogP contribution < -0.4 is 5.32 Å². The number of ether oxygens (including phenoxy) is 1. The second kappa shape index (κ2) is 6.46. The predicted octanol–water partition coefficient (Wildman–Crippen LogP) is 3.30. The Balaban J connectivity index is 1.75. The Hall–Kier alpha value is -1.91. The van der Waals surface area contributed by atoms with Crippen molar-refractivity contribution < 1.29 is 9.53 Å². The lowest BCUT2D eigenvalue weighted by molar-refractivity contribution is 0.0821. The zero-order valence-electron chi connectivity index (χ0n) is 12.3. The van der Waals surface area contributed by atoms with E-state index in [4.69, 9.17) is 16.3 Å². The summed E-state index contributed by atoms with van der Waals surface area (Å²) < 4.78 is 5.79. The van der Waals surface area contributed by atoms with Crippen molar-refractivity contribution in [2.45, 2.75) is 25.5 Å². The molecule has 1 fully saturated rings. The molecule has 1 aromatic carbocycles. The summed E-state index contributed by atoms with van der Waals surface area (Å²) in [5.74, 6) is -0.111. The van der Waals surface area contributed by atoms with Crippen LogP contribution in [0.1, 0.15) is 34.1 Å². The van der Waals surface area contributed by atoms with Crippen molar-refractivity contribution in [1.29, 1.82) is 0 Å². The van der Waals surface area contributed by atoms with Crippen LogP contribution in [0.25, 0.3) is 0 Å². The first-order chi connectivity index (χ1) is 10.6. The molecule has 2 atom stereocenters. The third kappa shape index (κ3) is 3.13. The van der Waals surface area contributed by atoms with E-state index in [1.165, 1.54) is 0 Å². The molecule has 0 aliphatic carbocycles. The van der Waals surface area contributed by atoms with E-state index >= 15 is 0 Å². The first-order valence-electron chi connectivity index (χ1n) is 7.24. The highest BCUT2D eigenvalue weighted by molar-refractivity contribution is 6.30. The minimum atomic E-state index is -0.141. The van der Waals surface area contributed by atoms with E-state index in [2.05, 4.69) is 10.3 Å². The summed E-state index contributed by atoms with van der Waals surface area (Å²) in [4.78, 5) is 16.6. The Labute approximate surface area is 134 Å². The van der Waals surface area contributed by atoms with E-state index in [0.29, 0.717) is 17.2 Å². The van der Waals surface area contributed by atoms with E-state index in [0.717, 1.165) is 17.7 Å². The standard InChI is InChI=1S/C17H17ClN2O2/c1-11-14(3-2-9-19-11)17(21)20-15-8-10-22-16(15)12-4-6-13(18)7-5-12/h2-7,9,15-16H,8,10H2,1H3,(H,20,21). The number of amides is 1. The fourth-order valence-electron chi connectivity index (χ4n) is 2.69. The summed E-state index contributed by atoms with van der Waals surface area (Å²) in [6.07, 6.45) is 2.33. The summed E-state index contributed by atoms with van der Waals surface area (Å²) in [5.41, 5.74) is 2.35. The lowest BCUT2D eigenvalue weighted by atomic mass is 10.0. The molecular weight excluding hydrogens is 300 g/mol. The number of carbonyl (C=O) groups is 1. The van der Waals surface area contributed by atoms with Crippen molar-refractivity contribution in [3.05, 3.63) is 64.4 Å². The maximum Gasteiger partial charge on any atom is 0.253 e. The van der Waals surface area contributed by atoms with Crippen LogP contribution in [0.3, 0.4) is 0 Å². The van der Waals surface area contributed by atoms with E-state index in [1.807, 2.05) is 31.2 Å². The van der Waals surface area contributed by atoms with Gasteiger partial charge in [0.1, 0.15) is 6.10 Å². The number of hydrogen-bond acceptors (Lipinski definition) is 3. The van der Waals surface area contributed by atoms with E-state index in [9.17, 15) is 4.79 Å². The zero-order valence-corrected chi connectivity index (χ0v) is 13.0. The van der Waals surface area contributed by atoms with Crippen molar-refractivity contribution in [3.63, 3.8) is 0 Å². The number of rotatable bonds is 3. The van der Waals surface area contributed by atoms with E-state index in [-0.39, 0.29) is 18.1 Å². The highest BCUT2D eigenvalue weighted by Gasteiger charge is 2.31. The highest BCUT2D eigenvalue weighted by atomic mass is 35.5. The van der Waals surface area contributed by atoms with Gasteiger partial charge in [-0.15, -0.1) is 0 Å². The summed E-state index contributed by atoms with van der Waals surface area (Å²) in [6, 6.07) is 11.0. The number of carbonyl (C=O) groups excluding carboxylic acids is 1. The summed E-state index contributed by atoms with van der Waals surface area (Å²) in [6.45, 7) is 2.46. The van der Waals surface area contributed by atoms with Crippen molar-refractivity contribution >= 4 is 17.5 Å². The van der Waals surface area contributed by atoms with Gasteiger partial charge in [0.25, 0.3) is 5.91 Å². The third-order valence-electron chi connectivity index (χ3n) is 3.86. The van der Waals surface area contributed by atoms with Gasteiger partial charge in [0, 0.05) is 23.5 Å². The molecule has 2 unspecified atom stereocenters. The van der Waals surface area contributed by atoms with E-state index in [1.54, 1.807) is 18.3 Å². The van der Waals surface area contributed by atoms with Crippen LogP contribution in [-0.4, -0.2) is 23.5 Å². The normalized spacial score (nSPS) is 20.8. The van der Waals surface area contributed by atoms with Crippen LogP contribution in [0.4, 0.5) is 0 Å². The maximum absolute atomic E-state index is 12.4. The fourth-order valence-corrected chi connectivity index (χ4v) is 2.81. The molecule has 0 spiro atoms. The van der Waals surface area contributed by atoms with Crippen LogP contribution in [0.2, 0.25) is 5.02 Å². The number of aromatic nitrogens is 1. The Morgan fingerprint density at radius 3 is 2.82 bits per heavy atom. The molecule has 114 valence electrons. The van der Waals surface area contributed by atoms with Gasteiger partial charge >= 0.3 is 0 Å². The molecule has 1 aliphatic rings. The molecular formula is C17H17ClN2O2. The molecule has 22 heavy (non-hydrogen) atoms. The Morgan fingerprint density at radius 2 is 2.09 bits per heavy atom. The first kappa shape index (κ1) is 15.0. The van der Waals surface area contributed by atoms with Gasteiger partial charge in [-0.2, -0.15) is 0 Å². The molecule has 3 rings (SSSR count). The predicted molar refractivity (Wildman–Crippen MR) is 85.0 cm³/mol. The van der Waals surface area contributed by atoms with Gasteiger partial charge in [0.05, 0.1) is 11.6 Å². The molecule has 0 radical (unpaired) electrons. The molecule has 2 heterocycles. The Morgan fingerprint density at radius 1 is 1.32 bits per heavy atom. The molecule has 0 bridgehead atoms. The molecule has 0 saturated carbocycles. The molecule has 1 saturated heterocycles. The molecule has 5 heteroatoms. The molecule has 1 N–H and O–H groups in total. The minimum absolute atomic E-state index is 0.0479. The van der Waals surface area contributed by atoms with Crippen molar-refractivity contribution in [2.24, 2.45) is 0 Å².